The monoisotopic (exact) mass is 333 g/mol. The normalized spacial score (nSPS) is 12.9. The molecule has 7 nitrogen and oxygen atoms in total. The van der Waals surface area contributed by atoms with Crippen molar-refractivity contribution in [1.29, 1.82) is 0 Å². The van der Waals surface area contributed by atoms with Crippen molar-refractivity contribution in [2.75, 3.05) is 12.4 Å². The Morgan fingerprint density at radius 2 is 2.30 bits per heavy atom. The van der Waals surface area contributed by atoms with E-state index >= 15 is 0 Å². The van der Waals surface area contributed by atoms with Crippen LogP contribution in [0.3, 0.4) is 0 Å². The van der Waals surface area contributed by atoms with Crippen LogP contribution in [0.2, 0.25) is 0 Å². The summed E-state index contributed by atoms with van der Waals surface area (Å²) in [6.07, 6.45) is 2.01. The van der Waals surface area contributed by atoms with Crippen LogP contribution in [0.25, 0.3) is 4.96 Å². The van der Waals surface area contributed by atoms with Crippen LogP contribution in [-0.4, -0.2) is 38.4 Å². The van der Waals surface area contributed by atoms with Gasteiger partial charge < -0.3 is 4.52 Å². The van der Waals surface area contributed by atoms with Gasteiger partial charge in [-0.25, -0.2) is 4.98 Å². The highest BCUT2D eigenvalue weighted by molar-refractivity contribution is 7.15. The van der Waals surface area contributed by atoms with Gasteiger partial charge in [-0.15, -0.1) is 11.3 Å². The number of fused-ring (bicyclic) bond motifs is 1. The molecule has 1 N–H and O–H groups in total. The molecule has 0 saturated heterocycles. The van der Waals surface area contributed by atoms with E-state index in [4.69, 9.17) is 4.52 Å². The molecule has 0 aliphatic heterocycles. The molecule has 0 saturated carbocycles. The lowest BCUT2D eigenvalue weighted by Gasteiger charge is -2.23. The molecule has 0 bridgehead atoms. The Labute approximate surface area is 137 Å². The number of hydrogen-bond donors (Lipinski definition) is 1. The maximum atomic E-state index is 12.3. The van der Waals surface area contributed by atoms with Crippen LogP contribution in [0.5, 0.6) is 0 Å². The Kier molecular flexibility index (Phi) is 4.18. The second kappa shape index (κ2) is 6.13. The Bertz CT molecular complexity index is 834. The number of carbonyl (C=O) groups is 1. The van der Waals surface area contributed by atoms with Gasteiger partial charge in [-0.2, -0.15) is 0 Å². The first kappa shape index (κ1) is 15.7. The van der Waals surface area contributed by atoms with Crippen LogP contribution in [-0.2, 0) is 11.3 Å². The molecule has 0 fully saturated rings. The van der Waals surface area contributed by atoms with Gasteiger partial charge in [-0.1, -0.05) is 5.16 Å². The van der Waals surface area contributed by atoms with Gasteiger partial charge in [0.2, 0.25) is 11.8 Å². The third-order valence-electron chi connectivity index (χ3n) is 3.88. The first-order valence-electron chi connectivity index (χ1n) is 7.31. The van der Waals surface area contributed by atoms with Crippen LogP contribution in [0.1, 0.15) is 24.0 Å². The standard InChI is InChI=1S/C15H19N5O2S/c1-9-7-13(22-18-9)17-14(21)11(3)19(4)8-12-10(2)16-15-20(12)5-6-23-15/h5-7,11H,8H2,1-4H3,(H,17,21). The maximum Gasteiger partial charge on any atom is 0.243 e. The Hall–Kier alpha value is -2.19. The number of imidazole rings is 1. The first-order chi connectivity index (χ1) is 11.0. The molecule has 0 radical (unpaired) electrons. The van der Waals surface area contributed by atoms with Crippen molar-refractivity contribution >= 4 is 28.1 Å². The fourth-order valence-electron chi connectivity index (χ4n) is 2.35. The number of nitrogens with one attached hydrogen (secondary N) is 1. The van der Waals surface area contributed by atoms with Crippen molar-refractivity contribution in [2.45, 2.75) is 33.4 Å². The zero-order valence-corrected chi connectivity index (χ0v) is 14.3. The molecule has 8 heteroatoms. The molecule has 23 heavy (non-hydrogen) atoms. The summed E-state index contributed by atoms with van der Waals surface area (Å²) in [6, 6.07) is 1.38. The predicted molar refractivity (Wildman–Crippen MR) is 88.6 cm³/mol. The molecule has 0 aromatic carbocycles. The summed E-state index contributed by atoms with van der Waals surface area (Å²) in [7, 11) is 1.92. The Balaban J connectivity index is 1.69. The molecule has 0 aliphatic rings. The molecule has 3 rings (SSSR count). The minimum absolute atomic E-state index is 0.132. The van der Waals surface area contributed by atoms with Crippen molar-refractivity contribution < 1.29 is 9.32 Å². The summed E-state index contributed by atoms with van der Waals surface area (Å²) in [5.41, 5.74) is 2.82. The summed E-state index contributed by atoms with van der Waals surface area (Å²) in [5.74, 6) is 0.237. The number of likely N-dealkylation sites (N-methyl/N-ethyl adjacent to an activating group) is 1. The van der Waals surface area contributed by atoms with Crippen LogP contribution >= 0.6 is 11.3 Å². The van der Waals surface area contributed by atoms with Crippen molar-refractivity contribution in [3.63, 3.8) is 0 Å². The number of hydrogen-bond acceptors (Lipinski definition) is 6. The minimum Gasteiger partial charge on any atom is -0.338 e. The number of amides is 1. The summed E-state index contributed by atoms with van der Waals surface area (Å²) in [6.45, 7) is 6.29. The maximum absolute atomic E-state index is 12.3. The highest BCUT2D eigenvalue weighted by atomic mass is 32.1. The first-order valence-corrected chi connectivity index (χ1v) is 8.19. The van der Waals surface area contributed by atoms with Gasteiger partial charge in [0.25, 0.3) is 0 Å². The van der Waals surface area contributed by atoms with Gasteiger partial charge in [0, 0.05) is 24.2 Å². The van der Waals surface area contributed by atoms with Crippen LogP contribution in [0.4, 0.5) is 5.88 Å². The highest BCUT2D eigenvalue weighted by Crippen LogP contribution is 2.19. The molecule has 3 heterocycles. The number of aromatic nitrogens is 3. The van der Waals surface area contributed by atoms with Gasteiger partial charge in [-0.05, 0) is 27.8 Å². The number of aryl methyl sites for hydroxylation is 2. The van der Waals surface area contributed by atoms with E-state index in [9.17, 15) is 4.79 Å². The molecular weight excluding hydrogens is 314 g/mol. The quantitative estimate of drug-likeness (QED) is 0.776. The molecule has 0 spiro atoms. The molecule has 1 atom stereocenters. The minimum atomic E-state index is -0.316. The second-order valence-corrected chi connectivity index (χ2v) is 6.49. The van der Waals surface area contributed by atoms with Crippen molar-refractivity contribution in [3.8, 4) is 0 Å². The summed E-state index contributed by atoms with van der Waals surface area (Å²) >= 11 is 1.60. The van der Waals surface area contributed by atoms with Crippen LogP contribution in [0.15, 0.2) is 22.2 Å². The number of rotatable bonds is 5. The number of anilines is 1. The third kappa shape index (κ3) is 3.13. The van der Waals surface area contributed by atoms with Gasteiger partial charge in [0.15, 0.2) is 4.96 Å². The van der Waals surface area contributed by atoms with Gasteiger partial charge in [0.1, 0.15) is 0 Å². The largest absolute Gasteiger partial charge is 0.338 e. The lowest BCUT2D eigenvalue weighted by atomic mass is 10.2. The van der Waals surface area contributed by atoms with E-state index in [1.54, 1.807) is 17.4 Å². The molecule has 3 aromatic heterocycles. The molecule has 1 unspecified atom stereocenters. The topological polar surface area (TPSA) is 75.7 Å². The zero-order chi connectivity index (χ0) is 16.6. The van der Waals surface area contributed by atoms with Gasteiger partial charge in [0.05, 0.1) is 23.1 Å². The fraction of sp³-hybridized carbons (Fsp3) is 0.400. The van der Waals surface area contributed by atoms with E-state index in [0.29, 0.717) is 12.4 Å². The number of carbonyl (C=O) groups excluding carboxylic acids is 1. The van der Waals surface area contributed by atoms with E-state index in [1.807, 2.05) is 44.3 Å². The van der Waals surface area contributed by atoms with Gasteiger partial charge >= 0.3 is 0 Å². The zero-order valence-electron chi connectivity index (χ0n) is 13.5. The molecule has 3 aromatic rings. The molecular formula is C15H19N5O2S. The van der Waals surface area contributed by atoms with E-state index < -0.39 is 0 Å². The van der Waals surface area contributed by atoms with Crippen LogP contribution in [0, 0.1) is 13.8 Å². The van der Waals surface area contributed by atoms with Crippen molar-refractivity contribution in [2.24, 2.45) is 0 Å². The van der Waals surface area contributed by atoms with Crippen molar-refractivity contribution in [1.82, 2.24) is 19.4 Å². The van der Waals surface area contributed by atoms with Gasteiger partial charge in [-0.3, -0.25) is 19.4 Å². The second-order valence-electron chi connectivity index (χ2n) is 5.61. The molecule has 1 amide bonds. The van der Waals surface area contributed by atoms with E-state index in [-0.39, 0.29) is 11.9 Å². The Morgan fingerprint density at radius 1 is 1.52 bits per heavy atom. The van der Waals surface area contributed by atoms with Crippen molar-refractivity contribution in [3.05, 3.63) is 34.7 Å². The SMILES string of the molecule is Cc1cc(NC(=O)C(C)N(C)Cc2c(C)nc3sccn23)on1. The summed E-state index contributed by atoms with van der Waals surface area (Å²) in [4.78, 5) is 19.8. The van der Waals surface area contributed by atoms with E-state index in [2.05, 4.69) is 19.9 Å². The fourth-order valence-corrected chi connectivity index (χ4v) is 3.13. The number of thiazole rings is 1. The molecule has 122 valence electrons. The van der Waals surface area contributed by atoms with Crippen LogP contribution < -0.4 is 5.32 Å². The summed E-state index contributed by atoms with van der Waals surface area (Å²) in [5, 5.41) is 8.51. The Morgan fingerprint density at radius 3 is 3.00 bits per heavy atom. The predicted octanol–water partition coefficient (Wildman–Crippen LogP) is 2.46. The van der Waals surface area contributed by atoms with E-state index in [1.165, 1.54) is 0 Å². The number of nitrogens with zero attached hydrogens (tertiary/aromatic N) is 4. The lowest BCUT2D eigenvalue weighted by Crippen LogP contribution is -2.39. The highest BCUT2D eigenvalue weighted by Gasteiger charge is 2.21. The molecule has 0 aliphatic carbocycles. The smallest absolute Gasteiger partial charge is 0.243 e. The lowest BCUT2D eigenvalue weighted by molar-refractivity contribution is -0.120. The average Bonchev–Trinajstić information content (AvgIpc) is 3.18. The third-order valence-corrected chi connectivity index (χ3v) is 4.63. The average molecular weight is 333 g/mol. The van der Waals surface area contributed by atoms with E-state index in [0.717, 1.165) is 22.0 Å². The summed E-state index contributed by atoms with van der Waals surface area (Å²) < 4.78 is 7.09.